The highest BCUT2D eigenvalue weighted by atomic mass is 32.2. The number of benzene rings is 2. The molecule has 1 heterocycles. The summed E-state index contributed by atoms with van der Waals surface area (Å²) in [5.74, 6) is 0.0363. The maximum atomic E-state index is 12.2. The molecule has 1 fully saturated rings. The first-order valence-electron chi connectivity index (χ1n) is 7.51. The second-order valence-corrected chi connectivity index (χ2v) is 9.37. The topological polar surface area (TPSA) is 83.6 Å². The normalized spacial score (nSPS) is 16.9. The van der Waals surface area contributed by atoms with E-state index in [1.165, 1.54) is 4.31 Å². The molecule has 0 aromatic heterocycles. The Kier molecular flexibility index (Phi) is 4.51. The lowest BCUT2D eigenvalue weighted by molar-refractivity contribution is 0.598. The molecule has 6 nitrogen and oxygen atoms in total. The van der Waals surface area contributed by atoms with Gasteiger partial charge in [-0.1, -0.05) is 30.3 Å². The first-order chi connectivity index (χ1) is 11.4. The van der Waals surface area contributed by atoms with Crippen molar-refractivity contribution in [2.24, 2.45) is 0 Å². The van der Waals surface area contributed by atoms with Gasteiger partial charge in [-0.15, -0.1) is 0 Å². The average molecular weight is 366 g/mol. The van der Waals surface area contributed by atoms with Crippen molar-refractivity contribution in [3.63, 3.8) is 0 Å². The molecule has 2 aromatic rings. The summed E-state index contributed by atoms with van der Waals surface area (Å²) in [7, 11) is -6.76. The largest absolute Gasteiger partial charge is 0.283 e. The minimum absolute atomic E-state index is 0.115. The van der Waals surface area contributed by atoms with Crippen LogP contribution >= 0.6 is 0 Å². The minimum Gasteiger partial charge on any atom is -0.283 e. The molecule has 2 aromatic carbocycles. The molecular formula is C16H18N2O4S2. The molecule has 8 heteroatoms. The maximum Gasteiger partial charge on any atom is 0.236 e. The molecule has 24 heavy (non-hydrogen) atoms. The summed E-state index contributed by atoms with van der Waals surface area (Å²) >= 11 is 0. The summed E-state index contributed by atoms with van der Waals surface area (Å²) in [5.41, 5.74) is 1.66. The van der Waals surface area contributed by atoms with Crippen molar-refractivity contribution in [2.45, 2.75) is 12.2 Å². The zero-order chi connectivity index (χ0) is 17.2. The Bertz CT molecular complexity index is 908. The van der Waals surface area contributed by atoms with Crippen LogP contribution in [0.25, 0.3) is 0 Å². The molecule has 1 aliphatic heterocycles. The van der Waals surface area contributed by atoms with E-state index in [4.69, 9.17) is 0 Å². The zero-order valence-electron chi connectivity index (χ0n) is 12.9. The van der Waals surface area contributed by atoms with Crippen molar-refractivity contribution >= 4 is 31.4 Å². The minimum atomic E-state index is -3.52. The number of hydrogen-bond donors (Lipinski definition) is 1. The van der Waals surface area contributed by atoms with E-state index in [0.29, 0.717) is 29.9 Å². The van der Waals surface area contributed by atoms with Crippen molar-refractivity contribution in [2.75, 3.05) is 21.3 Å². The smallest absolute Gasteiger partial charge is 0.236 e. The van der Waals surface area contributed by atoms with Crippen LogP contribution in [0.2, 0.25) is 0 Å². The van der Waals surface area contributed by atoms with Gasteiger partial charge in [0.25, 0.3) is 0 Å². The third-order valence-corrected chi connectivity index (χ3v) is 6.86. The highest BCUT2D eigenvalue weighted by Crippen LogP contribution is 2.25. The first-order valence-corrected chi connectivity index (χ1v) is 10.8. The molecular weight excluding hydrogens is 348 g/mol. The van der Waals surface area contributed by atoms with Crippen LogP contribution < -0.4 is 9.03 Å². The van der Waals surface area contributed by atoms with E-state index in [1.807, 2.05) is 6.07 Å². The van der Waals surface area contributed by atoms with Crippen molar-refractivity contribution < 1.29 is 16.8 Å². The van der Waals surface area contributed by atoms with Crippen LogP contribution in [0.5, 0.6) is 0 Å². The molecule has 0 bridgehead atoms. The second-order valence-electron chi connectivity index (χ2n) is 5.64. The van der Waals surface area contributed by atoms with Crippen LogP contribution in [0, 0.1) is 0 Å². The number of hydrogen-bond acceptors (Lipinski definition) is 4. The molecule has 1 aliphatic rings. The highest BCUT2D eigenvalue weighted by Gasteiger charge is 2.28. The quantitative estimate of drug-likeness (QED) is 0.879. The van der Waals surface area contributed by atoms with E-state index >= 15 is 0 Å². The maximum absolute atomic E-state index is 12.2. The van der Waals surface area contributed by atoms with E-state index in [2.05, 4.69) is 4.72 Å². The van der Waals surface area contributed by atoms with Gasteiger partial charge in [-0.25, -0.2) is 16.8 Å². The Morgan fingerprint density at radius 3 is 2.25 bits per heavy atom. The molecule has 0 aliphatic carbocycles. The van der Waals surface area contributed by atoms with Gasteiger partial charge in [0, 0.05) is 12.2 Å². The summed E-state index contributed by atoms with van der Waals surface area (Å²) in [6.45, 7) is 0.460. The predicted octanol–water partition coefficient (Wildman–Crippen LogP) is 2.17. The lowest BCUT2D eigenvalue weighted by atomic mass is 10.2. The fourth-order valence-corrected chi connectivity index (χ4v) is 5.40. The van der Waals surface area contributed by atoms with Gasteiger partial charge in [0.05, 0.1) is 17.2 Å². The van der Waals surface area contributed by atoms with E-state index in [1.54, 1.807) is 48.5 Å². The third kappa shape index (κ3) is 3.88. The lowest BCUT2D eigenvalue weighted by Gasteiger charge is -2.17. The molecule has 3 rings (SSSR count). The highest BCUT2D eigenvalue weighted by molar-refractivity contribution is 7.93. The van der Waals surface area contributed by atoms with Crippen LogP contribution in [0.3, 0.4) is 0 Å². The molecule has 0 spiro atoms. The first kappa shape index (κ1) is 16.8. The van der Waals surface area contributed by atoms with E-state index in [9.17, 15) is 16.8 Å². The monoisotopic (exact) mass is 366 g/mol. The standard InChI is InChI=1S/C16H18N2O4S2/c19-23(20,13-14-5-2-1-3-6-14)17-15-7-9-16(10-8-15)18-11-4-12-24(18,21)22/h1-3,5-10,17H,4,11-13H2. The summed E-state index contributed by atoms with van der Waals surface area (Å²) in [6, 6.07) is 15.3. The third-order valence-electron chi connectivity index (χ3n) is 3.73. The Labute approximate surface area is 142 Å². The molecule has 1 N–H and O–H groups in total. The van der Waals surface area contributed by atoms with Gasteiger partial charge in [-0.3, -0.25) is 9.03 Å². The van der Waals surface area contributed by atoms with Gasteiger partial charge in [0.1, 0.15) is 0 Å². The molecule has 0 saturated carbocycles. The van der Waals surface area contributed by atoms with Gasteiger partial charge in [-0.05, 0) is 36.2 Å². The van der Waals surface area contributed by atoms with Crippen LogP contribution in [0.1, 0.15) is 12.0 Å². The molecule has 0 unspecified atom stereocenters. The summed E-state index contributed by atoms with van der Waals surface area (Å²) in [4.78, 5) is 0. The average Bonchev–Trinajstić information content (AvgIpc) is 2.87. The Morgan fingerprint density at radius 1 is 1.00 bits per heavy atom. The van der Waals surface area contributed by atoms with Gasteiger partial charge >= 0.3 is 0 Å². The Balaban J connectivity index is 1.72. The number of nitrogens with one attached hydrogen (secondary N) is 1. The fourth-order valence-electron chi connectivity index (χ4n) is 2.63. The zero-order valence-corrected chi connectivity index (χ0v) is 14.6. The Morgan fingerprint density at radius 2 is 1.67 bits per heavy atom. The van der Waals surface area contributed by atoms with Crippen molar-refractivity contribution in [3.05, 3.63) is 60.2 Å². The molecule has 1 saturated heterocycles. The van der Waals surface area contributed by atoms with Crippen molar-refractivity contribution in [1.82, 2.24) is 0 Å². The number of sulfonamides is 2. The van der Waals surface area contributed by atoms with Gasteiger partial charge < -0.3 is 0 Å². The van der Waals surface area contributed by atoms with Crippen molar-refractivity contribution in [1.29, 1.82) is 0 Å². The van der Waals surface area contributed by atoms with E-state index in [-0.39, 0.29) is 11.5 Å². The summed E-state index contributed by atoms with van der Waals surface area (Å²) in [5, 5.41) is 0. The molecule has 128 valence electrons. The van der Waals surface area contributed by atoms with Crippen molar-refractivity contribution in [3.8, 4) is 0 Å². The number of anilines is 2. The lowest BCUT2D eigenvalue weighted by Crippen LogP contribution is -2.25. The molecule has 0 amide bonds. The number of nitrogens with zero attached hydrogens (tertiary/aromatic N) is 1. The van der Waals surface area contributed by atoms with Crippen LogP contribution in [-0.4, -0.2) is 29.1 Å². The second kappa shape index (κ2) is 6.45. The van der Waals surface area contributed by atoms with Gasteiger partial charge in [0.15, 0.2) is 0 Å². The van der Waals surface area contributed by atoms with Gasteiger partial charge in [0.2, 0.25) is 20.0 Å². The van der Waals surface area contributed by atoms with Crippen LogP contribution in [0.4, 0.5) is 11.4 Å². The molecule has 0 radical (unpaired) electrons. The summed E-state index contributed by atoms with van der Waals surface area (Å²) < 4.78 is 52.0. The van der Waals surface area contributed by atoms with Crippen LogP contribution in [0.15, 0.2) is 54.6 Å². The SMILES string of the molecule is O=S(=O)(Cc1ccccc1)Nc1ccc(N2CCCS2(=O)=O)cc1. The van der Waals surface area contributed by atoms with Gasteiger partial charge in [-0.2, -0.15) is 0 Å². The van der Waals surface area contributed by atoms with E-state index in [0.717, 1.165) is 0 Å². The number of rotatable bonds is 5. The summed E-state index contributed by atoms with van der Waals surface area (Å²) in [6.07, 6.45) is 0.605. The Hall–Kier alpha value is -2.06. The predicted molar refractivity (Wildman–Crippen MR) is 94.9 cm³/mol. The molecule has 0 atom stereocenters. The van der Waals surface area contributed by atoms with Crippen LogP contribution in [-0.2, 0) is 25.8 Å². The van der Waals surface area contributed by atoms with E-state index < -0.39 is 20.0 Å². The fraction of sp³-hybridized carbons (Fsp3) is 0.250.